The summed E-state index contributed by atoms with van der Waals surface area (Å²) in [6, 6.07) is 12.2. The number of benzene rings is 2. The zero-order valence-corrected chi connectivity index (χ0v) is 18.7. The highest BCUT2D eigenvalue weighted by atomic mass is 32.2. The Balaban J connectivity index is 1.64. The van der Waals surface area contributed by atoms with Gasteiger partial charge in [0.05, 0.1) is 4.90 Å². The van der Waals surface area contributed by atoms with Crippen molar-refractivity contribution >= 4 is 21.6 Å². The lowest BCUT2D eigenvalue weighted by Gasteiger charge is -2.20. The molecule has 0 aromatic heterocycles. The lowest BCUT2D eigenvalue weighted by molar-refractivity contribution is -0.122. The number of anilines is 1. The fourth-order valence-corrected chi connectivity index (χ4v) is 4.98. The molecule has 1 saturated heterocycles. The van der Waals surface area contributed by atoms with Gasteiger partial charge in [0.1, 0.15) is 5.75 Å². The third-order valence-electron chi connectivity index (χ3n) is 5.34. The molecule has 1 heterocycles. The molecule has 0 radical (unpaired) electrons. The van der Waals surface area contributed by atoms with Crippen molar-refractivity contribution in [1.29, 1.82) is 0 Å². The van der Waals surface area contributed by atoms with Crippen molar-refractivity contribution in [1.82, 2.24) is 4.31 Å². The van der Waals surface area contributed by atoms with Crippen molar-refractivity contribution in [2.75, 3.05) is 18.4 Å². The molecule has 1 fully saturated rings. The Morgan fingerprint density at radius 3 is 2.27 bits per heavy atom. The average Bonchev–Trinajstić information content (AvgIpc) is 3.01. The van der Waals surface area contributed by atoms with Crippen LogP contribution in [0.1, 0.15) is 43.7 Å². The first-order valence-electron chi connectivity index (χ1n) is 10.4. The molecule has 162 valence electrons. The molecular weight excluding hydrogens is 400 g/mol. The van der Waals surface area contributed by atoms with Crippen LogP contribution < -0.4 is 10.1 Å². The summed E-state index contributed by atoms with van der Waals surface area (Å²) in [6.07, 6.45) is 3.24. The minimum absolute atomic E-state index is 0.252. The molecule has 6 nitrogen and oxygen atoms in total. The van der Waals surface area contributed by atoms with Crippen molar-refractivity contribution in [2.45, 2.75) is 57.5 Å². The maximum atomic E-state index is 12.9. The Morgan fingerprint density at radius 1 is 1.00 bits per heavy atom. The number of sulfonamides is 1. The van der Waals surface area contributed by atoms with E-state index >= 15 is 0 Å². The zero-order chi connectivity index (χ0) is 21.7. The van der Waals surface area contributed by atoms with Gasteiger partial charge in [-0.05, 0) is 75.1 Å². The standard InChI is InChI=1S/C23H30N2O4S/c1-17-8-9-18(2)22(16-17)29-19(3)23(26)24-20-10-12-21(13-11-20)30(27,28)25-14-6-4-5-7-15-25/h8-13,16,19H,4-7,14-15H2,1-3H3,(H,24,26)/t19-/m1/s1. The van der Waals surface area contributed by atoms with E-state index in [9.17, 15) is 13.2 Å². The van der Waals surface area contributed by atoms with Crippen LogP contribution in [0.5, 0.6) is 5.75 Å². The van der Waals surface area contributed by atoms with Crippen LogP contribution in [0.25, 0.3) is 0 Å². The average molecular weight is 431 g/mol. The number of hydrogen-bond donors (Lipinski definition) is 1. The molecular formula is C23H30N2O4S. The van der Waals surface area contributed by atoms with Crippen LogP contribution in [0.15, 0.2) is 47.4 Å². The molecule has 0 unspecified atom stereocenters. The van der Waals surface area contributed by atoms with Crippen LogP contribution >= 0.6 is 0 Å². The van der Waals surface area contributed by atoms with Crippen molar-refractivity contribution in [3.8, 4) is 5.75 Å². The Kier molecular flexibility index (Phi) is 7.15. The molecule has 0 saturated carbocycles. The Bertz CT molecular complexity index is 979. The van der Waals surface area contributed by atoms with Crippen LogP contribution in [0.4, 0.5) is 5.69 Å². The second kappa shape index (κ2) is 9.62. The molecule has 2 aromatic rings. The zero-order valence-electron chi connectivity index (χ0n) is 17.8. The first kappa shape index (κ1) is 22.3. The Morgan fingerprint density at radius 2 is 1.63 bits per heavy atom. The van der Waals surface area contributed by atoms with E-state index in [1.54, 1.807) is 35.5 Å². The van der Waals surface area contributed by atoms with E-state index in [-0.39, 0.29) is 10.8 Å². The van der Waals surface area contributed by atoms with Crippen molar-refractivity contribution in [3.05, 3.63) is 53.6 Å². The molecule has 1 amide bonds. The summed E-state index contributed by atoms with van der Waals surface area (Å²) in [7, 11) is -3.50. The number of ether oxygens (including phenoxy) is 1. The summed E-state index contributed by atoms with van der Waals surface area (Å²) in [6.45, 7) is 6.72. The minimum Gasteiger partial charge on any atom is -0.481 e. The topological polar surface area (TPSA) is 75.7 Å². The Hall–Kier alpha value is -2.38. The van der Waals surface area contributed by atoms with Gasteiger partial charge >= 0.3 is 0 Å². The van der Waals surface area contributed by atoms with E-state index in [1.165, 1.54) is 0 Å². The quantitative estimate of drug-likeness (QED) is 0.742. The number of carbonyl (C=O) groups is 1. The molecule has 0 aliphatic carbocycles. The summed E-state index contributed by atoms with van der Waals surface area (Å²) in [4.78, 5) is 12.8. The summed E-state index contributed by atoms with van der Waals surface area (Å²) >= 11 is 0. The molecule has 1 aliphatic heterocycles. The third-order valence-corrected chi connectivity index (χ3v) is 7.25. The lowest BCUT2D eigenvalue weighted by Crippen LogP contribution is -2.32. The Labute approximate surface area is 179 Å². The molecule has 3 rings (SSSR count). The lowest BCUT2D eigenvalue weighted by atomic mass is 10.1. The molecule has 1 aliphatic rings. The van der Waals surface area contributed by atoms with Crippen LogP contribution in [0.3, 0.4) is 0 Å². The van der Waals surface area contributed by atoms with Gasteiger partial charge in [0.25, 0.3) is 5.91 Å². The van der Waals surface area contributed by atoms with Crippen LogP contribution in [-0.4, -0.2) is 37.8 Å². The summed E-state index contributed by atoms with van der Waals surface area (Å²) in [5, 5.41) is 2.79. The van der Waals surface area contributed by atoms with Gasteiger partial charge in [-0.3, -0.25) is 4.79 Å². The van der Waals surface area contributed by atoms with E-state index in [0.717, 1.165) is 36.8 Å². The fraction of sp³-hybridized carbons (Fsp3) is 0.435. The highest BCUT2D eigenvalue weighted by molar-refractivity contribution is 7.89. The van der Waals surface area contributed by atoms with Gasteiger partial charge in [-0.25, -0.2) is 8.42 Å². The van der Waals surface area contributed by atoms with Crippen LogP contribution in [-0.2, 0) is 14.8 Å². The maximum absolute atomic E-state index is 12.9. The molecule has 0 bridgehead atoms. The van der Waals surface area contributed by atoms with E-state index in [4.69, 9.17) is 4.74 Å². The van der Waals surface area contributed by atoms with Gasteiger partial charge in [-0.1, -0.05) is 25.0 Å². The predicted octanol–water partition coefficient (Wildman–Crippen LogP) is 4.27. The first-order valence-corrected chi connectivity index (χ1v) is 11.9. The molecule has 0 spiro atoms. The number of rotatable bonds is 6. The highest BCUT2D eigenvalue weighted by Crippen LogP contribution is 2.23. The van der Waals surface area contributed by atoms with Crippen molar-refractivity contribution in [2.24, 2.45) is 0 Å². The normalized spacial score (nSPS) is 16.5. The van der Waals surface area contributed by atoms with Crippen LogP contribution in [0, 0.1) is 13.8 Å². The maximum Gasteiger partial charge on any atom is 0.265 e. The molecule has 7 heteroatoms. The summed E-state index contributed by atoms with van der Waals surface area (Å²) in [5.41, 5.74) is 2.55. The second-order valence-electron chi connectivity index (χ2n) is 7.86. The molecule has 30 heavy (non-hydrogen) atoms. The van der Waals surface area contributed by atoms with Crippen molar-refractivity contribution in [3.63, 3.8) is 0 Å². The molecule has 2 aromatic carbocycles. The first-order chi connectivity index (χ1) is 14.3. The number of aryl methyl sites for hydroxylation is 2. The third kappa shape index (κ3) is 5.40. The smallest absolute Gasteiger partial charge is 0.265 e. The van der Waals surface area contributed by atoms with Gasteiger partial charge in [-0.15, -0.1) is 0 Å². The second-order valence-corrected chi connectivity index (χ2v) is 9.80. The molecule has 1 N–H and O–H groups in total. The molecule has 1 atom stereocenters. The van der Waals surface area contributed by atoms with E-state index in [2.05, 4.69) is 5.32 Å². The van der Waals surface area contributed by atoms with Gasteiger partial charge < -0.3 is 10.1 Å². The number of nitrogens with one attached hydrogen (secondary N) is 1. The fourth-order valence-electron chi connectivity index (χ4n) is 3.46. The minimum atomic E-state index is -3.50. The number of carbonyl (C=O) groups excluding carboxylic acids is 1. The monoisotopic (exact) mass is 430 g/mol. The number of amides is 1. The number of hydrogen-bond acceptors (Lipinski definition) is 4. The predicted molar refractivity (Wildman–Crippen MR) is 118 cm³/mol. The van der Waals surface area contributed by atoms with Gasteiger partial charge in [-0.2, -0.15) is 4.31 Å². The van der Waals surface area contributed by atoms with Gasteiger partial charge in [0.2, 0.25) is 10.0 Å². The van der Waals surface area contributed by atoms with Crippen LogP contribution in [0.2, 0.25) is 0 Å². The van der Waals surface area contributed by atoms with Gasteiger partial charge in [0, 0.05) is 18.8 Å². The van der Waals surface area contributed by atoms with Crippen molar-refractivity contribution < 1.29 is 17.9 Å². The number of nitrogens with zero attached hydrogens (tertiary/aromatic N) is 1. The highest BCUT2D eigenvalue weighted by Gasteiger charge is 2.25. The van der Waals surface area contributed by atoms with Gasteiger partial charge in [0.15, 0.2) is 6.10 Å². The van der Waals surface area contributed by atoms with E-state index in [0.29, 0.717) is 24.5 Å². The largest absolute Gasteiger partial charge is 0.481 e. The SMILES string of the molecule is Cc1ccc(C)c(O[C@H](C)C(=O)Nc2ccc(S(=O)(=O)N3CCCCCC3)cc2)c1. The van der Waals surface area contributed by atoms with E-state index in [1.807, 2.05) is 32.0 Å². The van der Waals surface area contributed by atoms with E-state index < -0.39 is 16.1 Å². The summed E-state index contributed by atoms with van der Waals surface area (Å²) in [5.74, 6) is 0.385. The summed E-state index contributed by atoms with van der Waals surface area (Å²) < 4.78 is 33.1.